The Bertz CT molecular complexity index is 1270. The van der Waals surface area contributed by atoms with Crippen molar-refractivity contribution in [3.05, 3.63) is 29.9 Å². The van der Waals surface area contributed by atoms with Crippen LogP contribution in [0.3, 0.4) is 0 Å². The number of carbonyl (C=O) groups is 2. The van der Waals surface area contributed by atoms with E-state index in [1.165, 1.54) is 51.4 Å². The van der Waals surface area contributed by atoms with Crippen molar-refractivity contribution in [3.8, 4) is 0 Å². The number of hydrogen-bond acceptors (Lipinski definition) is 5. The molecule has 270 valence electrons. The third kappa shape index (κ3) is 7.54. The van der Waals surface area contributed by atoms with Gasteiger partial charge in [-0.05, 0) is 105 Å². The first kappa shape index (κ1) is 37.3. The van der Waals surface area contributed by atoms with Gasteiger partial charge >= 0.3 is 5.97 Å². The van der Waals surface area contributed by atoms with E-state index >= 15 is 0 Å². The number of aromatic amines is 1. The molecule has 48 heavy (non-hydrogen) atoms. The molecule has 1 heterocycles. The van der Waals surface area contributed by atoms with E-state index in [0.29, 0.717) is 18.3 Å². The summed E-state index contributed by atoms with van der Waals surface area (Å²) in [5, 5.41) is 3.51. The number of nitrogens with zero attached hydrogens (tertiary/aromatic N) is 1. The summed E-state index contributed by atoms with van der Waals surface area (Å²) >= 11 is 0. The number of esters is 1. The van der Waals surface area contributed by atoms with Gasteiger partial charge in [0.1, 0.15) is 11.6 Å². The van der Waals surface area contributed by atoms with Crippen LogP contribution in [0.1, 0.15) is 151 Å². The highest BCUT2D eigenvalue weighted by Crippen LogP contribution is 2.67. The molecule has 0 aromatic carbocycles. The molecule has 3 saturated carbocycles. The van der Waals surface area contributed by atoms with Crippen molar-refractivity contribution in [1.82, 2.24) is 15.3 Å². The van der Waals surface area contributed by atoms with Crippen molar-refractivity contribution >= 4 is 11.8 Å². The largest absolute Gasteiger partial charge is 0.461 e. The zero-order valence-corrected chi connectivity index (χ0v) is 32.0. The smallest absolute Gasteiger partial charge is 0.326 e. The molecule has 1 aromatic heterocycles. The highest BCUT2D eigenvalue weighted by Gasteiger charge is 2.59. The molecule has 4 aliphatic rings. The van der Waals surface area contributed by atoms with Gasteiger partial charge in [-0.15, -0.1) is 0 Å². The average molecular weight is 664 g/mol. The standard InChI is InChI=1S/C42H69N3O3/c1-10-20-42(9,45-37(38(46)28(4)5)24-31-25-43-26-44-31)39(47)48-32-18-21-40(7)30(23-32)14-15-33-35-17-16-34(29(6)13-11-12-27(2)3)41(35,8)22-19-36(33)40/h14,25-29,32-37,45H,10-13,15-24H2,1-9H3,(H,43,44). The summed E-state index contributed by atoms with van der Waals surface area (Å²) in [5.74, 6) is 4.67. The molecule has 6 nitrogen and oxygen atoms in total. The molecule has 0 spiro atoms. The van der Waals surface area contributed by atoms with Gasteiger partial charge in [-0.1, -0.05) is 92.7 Å². The molecule has 5 rings (SSSR count). The molecule has 10 atom stereocenters. The topological polar surface area (TPSA) is 84.1 Å². The Labute approximate surface area is 292 Å². The number of nitrogens with one attached hydrogen (secondary N) is 2. The fourth-order valence-corrected chi connectivity index (χ4v) is 11.4. The maximum Gasteiger partial charge on any atom is 0.326 e. The SMILES string of the molecule is CCCC(C)(NC(Cc1cnc[nH]1)C(=O)C(C)C)C(=O)OC1CCC2(C)C(=CCC3C2CCC2(C)C(C(C)CCCC(C)C)CCC32)C1. The third-order valence-electron chi connectivity index (χ3n) is 14.1. The van der Waals surface area contributed by atoms with Crippen LogP contribution in [0.15, 0.2) is 24.2 Å². The van der Waals surface area contributed by atoms with Crippen molar-refractivity contribution in [2.45, 2.75) is 170 Å². The first-order chi connectivity index (χ1) is 22.7. The van der Waals surface area contributed by atoms with Gasteiger partial charge in [-0.25, -0.2) is 4.98 Å². The lowest BCUT2D eigenvalue weighted by Gasteiger charge is -2.58. The molecule has 0 radical (unpaired) electrons. The van der Waals surface area contributed by atoms with E-state index in [2.05, 4.69) is 62.9 Å². The Hall–Kier alpha value is -1.95. The summed E-state index contributed by atoms with van der Waals surface area (Å²) in [6.07, 6.45) is 21.6. The minimum absolute atomic E-state index is 0.102. The number of aromatic nitrogens is 2. The van der Waals surface area contributed by atoms with Crippen LogP contribution in [-0.2, 0) is 20.7 Å². The van der Waals surface area contributed by atoms with Crippen molar-refractivity contribution < 1.29 is 14.3 Å². The van der Waals surface area contributed by atoms with Crippen LogP contribution in [-0.4, -0.2) is 39.4 Å². The molecular weight excluding hydrogens is 594 g/mol. The van der Waals surface area contributed by atoms with Crippen molar-refractivity contribution in [2.75, 3.05) is 0 Å². The molecule has 0 saturated heterocycles. The molecule has 4 aliphatic carbocycles. The number of ketones is 1. The van der Waals surface area contributed by atoms with E-state index < -0.39 is 11.6 Å². The van der Waals surface area contributed by atoms with Crippen LogP contribution in [0, 0.1) is 52.3 Å². The zero-order chi connectivity index (χ0) is 34.9. The van der Waals surface area contributed by atoms with Gasteiger partial charge in [-0.2, -0.15) is 0 Å². The van der Waals surface area contributed by atoms with Gasteiger partial charge in [0, 0.05) is 30.7 Å². The Morgan fingerprint density at radius 3 is 2.50 bits per heavy atom. The number of rotatable bonds is 15. The Morgan fingerprint density at radius 2 is 1.83 bits per heavy atom. The summed E-state index contributed by atoms with van der Waals surface area (Å²) in [4.78, 5) is 34.6. The fraction of sp³-hybridized carbons (Fsp3) is 0.833. The van der Waals surface area contributed by atoms with Gasteiger partial charge in [0.15, 0.2) is 5.78 Å². The van der Waals surface area contributed by atoms with E-state index in [1.54, 1.807) is 18.1 Å². The summed E-state index contributed by atoms with van der Waals surface area (Å²) in [6.45, 7) is 20.4. The summed E-state index contributed by atoms with van der Waals surface area (Å²) in [6, 6.07) is -0.489. The highest BCUT2D eigenvalue weighted by atomic mass is 16.5. The number of hydrogen-bond donors (Lipinski definition) is 2. The molecule has 10 unspecified atom stereocenters. The number of carbonyl (C=O) groups excluding carboxylic acids is 2. The zero-order valence-electron chi connectivity index (χ0n) is 32.0. The van der Waals surface area contributed by atoms with Gasteiger partial charge in [-0.3, -0.25) is 14.9 Å². The molecule has 3 fully saturated rings. The van der Waals surface area contributed by atoms with Gasteiger partial charge in [0.05, 0.1) is 12.4 Å². The van der Waals surface area contributed by atoms with Crippen LogP contribution in [0.25, 0.3) is 0 Å². The predicted molar refractivity (Wildman–Crippen MR) is 195 cm³/mol. The fourth-order valence-electron chi connectivity index (χ4n) is 11.4. The Kier molecular flexibility index (Phi) is 11.7. The summed E-state index contributed by atoms with van der Waals surface area (Å²) in [5.41, 5.74) is 2.21. The van der Waals surface area contributed by atoms with Gasteiger partial charge in [0.2, 0.25) is 0 Å². The molecule has 0 aliphatic heterocycles. The lowest BCUT2D eigenvalue weighted by atomic mass is 9.47. The molecule has 0 bridgehead atoms. The van der Waals surface area contributed by atoms with E-state index in [0.717, 1.165) is 66.9 Å². The van der Waals surface area contributed by atoms with E-state index in [-0.39, 0.29) is 29.2 Å². The molecule has 1 aromatic rings. The lowest BCUT2D eigenvalue weighted by molar-refractivity contribution is -0.160. The maximum atomic E-state index is 14.0. The normalized spacial score (nSPS) is 34.1. The number of Topliss-reactive ketones (excluding diaryl/α,β-unsaturated/α-hetero) is 1. The highest BCUT2D eigenvalue weighted by molar-refractivity contribution is 5.88. The van der Waals surface area contributed by atoms with Crippen molar-refractivity contribution in [3.63, 3.8) is 0 Å². The van der Waals surface area contributed by atoms with Crippen LogP contribution < -0.4 is 5.32 Å². The second-order valence-electron chi connectivity index (χ2n) is 18.2. The first-order valence-corrected chi connectivity index (χ1v) is 19.9. The van der Waals surface area contributed by atoms with Gasteiger partial charge in [0.25, 0.3) is 0 Å². The number of allylic oxidation sites excluding steroid dienone is 1. The quantitative estimate of drug-likeness (QED) is 0.144. The summed E-state index contributed by atoms with van der Waals surface area (Å²) < 4.78 is 6.41. The molecule has 0 amide bonds. The van der Waals surface area contributed by atoms with Crippen LogP contribution >= 0.6 is 0 Å². The van der Waals surface area contributed by atoms with Crippen LogP contribution in [0.5, 0.6) is 0 Å². The van der Waals surface area contributed by atoms with Crippen LogP contribution in [0.4, 0.5) is 0 Å². The molecule has 2 N–H and O–H groups in total. The van der Waals surface area contributed by atoms with Crippen LogP contribution in [0.2, 0.25) is 0 Å². The van der Waals surface area contributed by atoms with E-state index in [1.807, 2.05) is 20.8 Å². The van der Waals surface area contributed by atoms with Crippen molar-refractivity contribution in [1.29, 1.82) is 0 Å². The van der Waals surface area contributed by atoms with E-state index in [4.69, 9.17) is 4.74 Å². The Balaban J connectivity index is 1.25. The number of H-pyrrole nitrogens is 1. The minimum Gasteiger partial charge on any atom is -0.461 e. The summed E-state index contributed by atoms with van der Waals surface area (Å²) in [7, 11) is 0. The predicted octanol–water partition coefficient (Wildman–Crippen LogP) is 9.65. The second kappa shape index (κ2) is 15.1. The molecule has 6 heteroatoms. The number of ether oxygens (including phenoxy) is 1. The average Bonchev–Trinajstić information content (AvgIpc) is 3.67. The second-order valence-corrected chi connectivity index (χ2v) is 18.2. The number of fused-ring (bicyclic) bond motifs is 5. The van der Waals surface area contributed by atoms with E-state index in [9.17, 15) is 9.59 Å². The third-order valence-corrected chi connectivity index (χ3v) is 14.1. The first-order valence-electron chi connectivity index (χ1n) is 19.9. The van der Waals surface area contributed by atoms with Gasteiger partial charge < -0.3 is 9.72 Å². The number of imidazole rings is 1. The minimum atomic E-state index is -0.935. The molecular formula is C42H69N3O3. The lowest BCUT2D eigenvalue weighted by Crippen LogP contribution is -2.58. The Morgan fingerprint density at radius 1 is 1.06 bits per heavy atom. The maximum absolute atomic E-state index is 14.0. The van der Waals surface area contributed by atoms with Crippen molar-refractivity contribution in [2.24, 2.45) is 52.3 Å². The monoisotopic (exact) mass is 664 g/mol.